The van der Waals surface area contributed by atoms with Gasteiger partial charge in [-0.25, -0.2) is 0 Å². The Morgan fingerprint density at radius 1 is 1.04 bits per heavy atom. The quantitative estimate of drug-likeness (QED) is 0.349. The highest BCUT2D eigenvalue weighted by atomic mass is 79.9. The summed E-state index contributed by atoms with van der Waals surface area (Å²) >= 11 is 5.05. The van der Waals surface area contributed by atoms with E-state index in [4.69, 9.17) is 4.42 Å². The Morgan fingerprint density at radius 3 is 2.62 bits per heavy atom. The zero-order valence-electron chi connectivity index (χ0n) is 14.5. The van der Waals surface area contributed by atoms with Crippen LogP contribution in [0.3, 0.4) is 0 Å². The molecule has 2 heterocycles. The van der Waals surface area contributed by atoms with Crippen molar-refractivity contribution in [3.63, 3.8) is 0 Å². The third-order valence-corrected chi connectivity index (χ3v) is 5.63. The highest BCUT2D eigenvalue weighted by Gasteiger charge is 2.19. The van der Waals surface area contributed by atoms with Gasteiger partial charge in [-0.2, -0.15) is 0 Å². The predicted molar refractivity (Wildman–Crippen MR) is 109 cm³/mol. The maximum absolute atomic E-state index is 5.68. The van der Waals surface area contributed by atoms with Crippen molar-refractivity contribution < 1.29 is 4.42 Å². The van der Waals surface area contributed by atoms with Gasteiger partial charge in [-0.15, -0.1) is 10.2 Å². The van der Waals surface area contributed by atoms with E-state index in [1.54, 1.807) is 11.8 Å². The van der Waals surface area contributed by atoms with Gasteiger partial charge >= 0.3 is 0 Å². The molecular weight excluding hydrogens is 410 g/mol. The topological polar surface area (TPSA) is 43.9 Å². The molecule has 0 aliphatic rings. The molecule has 0 fully saturated rings. The minimum absolute atomic E-state index is 0.235. The van der Waals surface area contributed by atoms with Crippen LogP contribution in [-0.4, -0.2) is 14.8 Å². The SMILES string of the molecule is CC(C)n1c(SCc2cccc3ccccc23)nnc1-c1ccc(Br)o1. The molecule has 0 radical (unpaired) electrons. The highest BCUT2D eigenvalue weighted by Crippen LogP contribution is 2.32. The van der Waals surface area contributed by atoms with Gasteiger partial charge in [0.2, 0.25) is 5.82 Å². The number of thioether (sulfide) groups is 1. The van der Waals surface area contributed by atoms with Crippen molar-refractivity contribution in [2.45, 2.75) is 30.8 Å². The van der Waals surface area contributed by atoms with Crippen molar-refractivity contribution in [3.05, 3.63) is 64.8 Å². The number of hydrogen-bond acceptors (Lipinski definition) is 4. The lowest BCUT2D eigenvalue weighted by atomic mass is 10.1. The minimum Gasteiger partial charge on any atom is -0.446 e. The van der Waals surface area contributed by atoms with Crippen LogP contribution < -0.4 is 0 Å². The fourth-order valence-electron chi connectivity index (χ4n) is 3.00. The average molecular weight is 428 g/mol. The Bertz CT molecular complexity index is 1050. The summed E-state index contributed by atoms with van der Waals surface area (Å²) in [5.74, 6) is 2.31. The number of furan rings is 1. The third kappa shape index (κ3) is 3.31. The van der Waals surface area contributed by atoms with Crippen LogP contribution in [0.15, 0.2) is 68.8 Å². The van der Waals surface area contributed by atoms with Crippen molar-refractivity contribution >= 4 is 38.5 Å². The van der Waals surface area contributed by atoms with Crippen LogP contribution in [0.4, 0.5) is 0 Å². The van der Waals surface area contributed by atoms with Crippen LogP contribution in [0.1, 0.15) is 25.5 Å². The molecular formula is C20H18BrN3OS. The molecule has 0 N–H and O–H groups in total. The van der Waals surface area contributed by atoms with Crippen molar-refractivity contribution in [3.8, 4) is 11.6 Å². The molecule has 0 amide bonds. The van der Waals surface area contributed by atoms with Gasteiger partial charge in [0.25, 0.3) is 0 Å². The molecule has 0 atom stereocenters. The Morgan fingerprint density at radius 2 is 1.85 bits per heavy atom. The molecule has 0 saturated heterocycles. The van der Waals surface area contributed by atoms with E-state index in [1.165, 1.54) is 16.3 Å². The van der Waals surface area contributed by atoms with E-state index in [0.717, 1.165) is 22.5 Å². The van der Waals surface area contributed by atoms with E-state index in [1.807, 2.05) is 12.1 Å². The summed E-state index contributed by atoms with van der Waals surface area (Å²) in [4.78, 5) is 0. The number of aromatic nitrogens is 3. The Labute approximate surface area is 164 Å². The molecule has 0 aliphatic heterocycles. The summed E-state index contributed by atoms with van der Waals surface area (Å²) in [6.07, 6.45) is 0. The fourth-order valence-corrected chi connectivity index (χ4v) is 4.38. The Kier molecular flexibility index (Phi) is 4.87. The lowest BCUT2D eigenvalue weighted by Crippen LogP contribution is -2.04. The number of fused-ring (bicyclic) bond motifs is 1. The molecule has 0 unspecified atom stereocenters. The Hall–Kier alpha value is -2.05. The number of hydrogen-bond donors (Lipinski definition) is 0. The van der Waals surface area contributed by atoms with Crippen LogP contribution >= 0.6 is 27.7 Å². The largest absolute Gasteiger partial charge is 0.446 e. The van der Waals surface area contributed by atoms with E-state index in [-0.39, 0.29) is 6.04 Å². The fraction of sp³-hybridized carbons (Fsp3) is 0.200. The summed E-state index contributed by atoms with van der Waals surface area (Å²) in [6.45, 7) is 4.26. The molecule has 2 aromatic carbocycles. The first-order valence-electron chi connectivity index (χ1n) is 8.43. The van der Waals surface area contributed by atoms with Gasteiger partial charge in [-0.3, -0.25) is 4.57 Å². The number of rotatable bonds is 5. The normalized spacial score (nSPS) is 11.5. The maximum atomic E-state index is 5.68. The highest BCUT2D eigenvalue weighted by molar-refractivity contribution is 9.10. The van der Waals surface area contributed by atoms with Crippen molar-refractivity contribution in [1.82, 2.24) is 14.8 Å². The smallest absolute Gasteiger partial charge is 0.200 e. The summed E-state index contributed by atoms with van der Waals surface area (Å²) < 4.78 is 8.49. The maximum Gasteiger partial charge on any atom is 0.200 e. The lowest BCUT2D eigenvalue weighted by molar-refractivity contribution is 0.519. The molecule has 0 saturated carbocycles. The number of nitrogens with zero attached hydrogens (tertiary/aromatic N) is 3. The van der Waals surface area contributed by atoms with Crippen LogP contribution in [0.2, 0.25) is 0 Å². The first-order chi connectivity index (χ1) is 12.6. The summed E-state index contributed by atoms with van der Waals surface area (Å²) in [7, 11) is 0. The molecule has 26 heavy (non-hydrogen) atoms. The van der Waals surface area contributed by atoms with Gasteiger partial charge in [0, 0.05) is 11.8 Å². The zero-order valence-corrected chi connectivity index (χ0v) is 16.9. The van der Waals surface area contributed by atoms with Gasteiger partial charge in [0.15, 0.2) is 15.6 Å². The summed E-state index contributed by atoms with van der Waals surface area (Å²) in [5, 5.41) is 12.2. The predicted octanol–water partition coefficient (Wildman–Crippen LogP) is 6.33. The van der Waals surface area contributed by atoms with Gasteiger partial charge in [0.1, 0.15) is 0 Å². The number of halogens is 1. The van der Waals surface area contributed by atoms with Gasteiger partial charge in [0.05, 0.1) is 0 Å². The third-order valence-electron chi connectivity index (χ3n) is 4.21. The molecule has 4 rings (SSSR count). The standard InChI is InChI=1S/C20H18BrN3OS/c1-13(2)24-19(17-10-11-18(21)25-17)22-23-20(24)26-12-15-8-5-7-14-6-3-4-9-16(14)15/h3-11,13H,12H2,1-2H3. The second kappa shape index (κ2) is 7.29. The average Bonchev–Trinajstić information content (AvgIpc) is 3.25. The minimum atomic E-state index is 0.235. The monoisotopic (exact) mass is 427 g/mol. The summed E-state index contributed by atoms with van der Waals surface area (Å²) in [6, 6.07) is 18.9. The van der Waals surface area contributed by atoms with Gasteiger partial charge in [-0.1, -0.05) is 54.2 Å². The molecule has 6 heteroatoms. The van der Waals surface area contributed by atoms with Crippen LogP contribution in [-0.2, 0) is 5.75 Å². The van der Waals surface area contributed by atoms with E-state index >= 15 is 0 Å². The van der Waals surface area contributed by atoms with Crippen molar-refractivity contribution in [2.75, 3.05) is 0 Å². The first-order valence-corrected chi connectivity index (χ1v) is 10.2. The van der Waals surface area contributed by atoms with Crippen LogP contribution in [0.25, 0.3) is 22.4 Å². The van der Waals surface area contributed by atoms with Crippen LogP contribution in [0, 0.1) is 0 Å². The second-order valence-corrected chi connectivity index (χ2v) is 8.02. The van der Waals surface area contributed by atoms with E-state index in [0.29, 0.717) is 4.67 Å². The summed E-state index contributed by atoms with van der Waals surface area (Å²) in [5.41, 5.74) is 1.30. The molecule has 0 spiro atoms. The first kappa shape index (κ1) is 17.4. The zero-order chi connectivity index (χ0) is 18.1. The molecule has 0 bridgehead atoms. The molecule has 2 aromatic heterocycles. The second-order valence-electron chi connectivity index (χ2n) is 6.30. The molecule has 4 aromatic rings. The van der Waals surface area contributed by atoms with E-state index in [9.17, 15) is 0 Å². The van der Waals surface area contributed by atoms with Crippen molar-refractivity contribution in [2.24, 2.45) is 0 Å². The lowest BCUT2D eigenvalue weighted by Gasteiger charge is -2.13. The molecule has 132 valence electrons. The Balaban J connectivity index is 1.65. The van der Waals surface area contributed by atoms with Gasteiger partial charge < -0.3 is 4.42 Å². The van der Waals surface area contributed by atoms with Crippen molar-refractivity contribution in [1.29, 1.82) is 0 Å². The van der Waals surface area contributed by atoms with Crippen LogP contribution in [0.5, 0.6) is 0 Å². The van der Waals surface area contributed by atoms with E-state index < -0.39 is 0 Å². The number of benzene rings is 2. The van der Waals surface area contributed by atoms with Gasteiger partial charge in [-0.05, 0) is 58.2 Å². The molecule has 4 nitrogen and oxygen atoms in total. The molecule has 0 aliphatic carbocycles. The van der Waals surface area contributed by atoms with E-state index in [2.05, 4.69) is 87.0 Å².